The van der Waals surface area contributed by atoms with E-state index >= 15 is 0 Å². The molecule has 108 valence electrons. The summed E-state index contributed by atoms with van der Waals surface area (Å²) in [4.78, 5) is 14.7. The Labute approximate surface area is 128 Å². The molecule has 0 aliphatic heterocycles. The molecule has 1 aromatic carbocycles. The predicted molar refractivity (Wildman–Crippen MR) is 87.7 cm³/mol. The van der Waals surface area contributed by atoms with Gasteiger partial charge in [0.25, 0.3) is 5.91 Å². The first-order valence-electron chi connectivity index (χ1n) is 7.07. The van der Waals surface area contributed by atoms with Crippen molar-refractivity contribution in [3.63, 3.8) is 0 Å². The quantitative estimate of drug-likeness (QED) is 0.717. The van der Waals surface area contributed by atoms with Crippen LogP contribution >= 0.6 is 11.3 Å². The van der Waals surface area contributed by atoms with E-state index in [1.807, 2.05) is 47.7 Å². The first-order valence-corrected chi connectivity index (χ1v) is 7.94. The summed E-state index contributed by atoms with van der Waals surface area (Å²) in [6.45, 7) is 3.37. The minimum atomic E-state index is 0.0900. The van der Waals surface area contributed by atoms with E-state index in [9.17, 15) is 4.79 Å². The Morgan fingerprint density at radius 3 is 2.67 bits per heavy atom. The highest BCUT2D eigenvalue weighted by molar-refractivity contribution is 7.17. The second-order valence-corrected chi connectivity index (χ2v) is 6.01. The SMILES string of the molecule is CCN(Cc1ccccc1)C(=O)c1cc2sccc2n1C. The van der Waals surface area contributed by atoms with Crippen molar-refractivity contribution < 1.29 is 4.79 Å². The van der Waals surface area contributed by atoms with Crippen LogP contribution in [0.1, 0.15) is 23.0 Å². The molecular formula is C17H18N2OS. The van der Waals surface area contributed by atoms with E-state index in [-0.39, 0.29) is 5.91 Å². The number of thiophene rings is 1. The maximum Gasteiger partial charge on any atom is 0.270 e. The zero-order valence-corrected chi connectivity index (χ0v) is 13.1. The molecule has 0 bridgehead atoms. The zero-order valence-electron chi connectivity index (χ0n) is 12.2. The fraction of sp³-hybridized carbons (Fsp3) is 0.235. The number of carbonyl (C=O) groups excluding carboxylic acids is 1. The number of rotatable bonds is 4. The van der Waals surface area contributed by atoms with Crippen molar-refractivity contribution in [3.8, 4) is 0 Å². The van der Waals surface area contributed by atoms with E-state index < -0.39 is 0 Å². The van der Waals surface area contributed by atoms with Gasteiger partial charge in [0.15, 0.2) is 0 Å². The van der Waals surface area contributed by atoms with Gasteiger partial charge < -0.3 is 9.47 Å². The fourth-order valence-electron chi connectivity index (χ4n) is 2.55. The van der Waals surface area contributed by atoms with Crippen molar-refractivity contribution >= 4 is 27.5 Å². The molecule has 3 aromatic rings. The molecule has 0 N–H and O–H groups in total. The van der Waals surface area contributed by atoms with Gasteiger partial charge in [-0.25, -0.2) is 0 Å². The third kappa shape index (κ3) is 2.59. The minimum Gasteiger partial charge on any atom is -0.339 e. The van der Waals surface area contributed by atoms with Gasteiger partial charge in [-0.3, -0.25) is 4.79 Å². The number of amides is 1. The van der Waals surface area contributed by atoms with Gasteiger partial charge in [-0.2, -0.15) is 0 Å². The van der Waals surface area contributed by atoms with Crippen LogP contribution in [-0.2, 0) is 13.6 Å². The minimum absolute atomic E-state index is 0.0900. The number of nitrogens with zero attached hydrogens (tertiary/aromatic N) is 2. The lowest BCUT2D eigenvalue weighted by molar-refractivity contribution is 0.0743. The van der Waals surface area contributed by atoms with Gasteiger partial charge >= 0.3 is 0 Å². The van der Waals surface area contributed by atoms with Gasteiger partial charge in [-0.1, -0.05) is 30.3 Å². The summed E-state index contributed by atoms with van der Waals surface area (Å²) in [5, 5.41) is 2.06. The predicted octanol–water partition coefficient (Wildman–Crippen LogP) is 3.90. The average molecular weight is 298 g/mol. The first kappa shape index (κ1) is 13.9. The van der Waals surface area contributed by atoms with Crippen LogP contribution < -0.4 is 0 Å². The molecule has 0 atom stereocenters. The Morgan fingerprint density at radius 1 is 1.24 bits per heavy atom. The van der Waals surface area contributed by atoms with Crippen molar-refractivity contribution in [2.45, 2.75) is 13.5 Å². The van der Waals surface area contributed by atoms with Gasteiger partial charge in [0.05, 0.1) is 10.2 Å². The number of benzene rings is 1. The van der Waals surface area contributed by atoms with Crippen molar-refractivity contribution in [2.24, 2.45) is 7.05 Å². The number of carbonyl (C=O) groups is 1. The summed E-state index contributed by atoms with van der Waals surface area (Å²) in [6.07, 6.45) is 0. The molecule has 0 fully saturated rings. The Bertz CT molecular complexity index is 758. The molecule has 1 amide bonds. The van der Waals surface area contributed by atoms with Gasteiger partial charge in [-0.15, -0.1) is 11.3 Å². The van der Waals surface area contributed by atoms with Crippen molar-refractivity contribution in [2.75, 3.05) is 6.54 Å². The molecule has 0 radical (unpaired) electrons. The Morgan fingerprint density at radius 2 is 2.00 bits per heavy atom. The fourth-order valence-corrected chi connectivity index (χ4v) is 3.40. The van der Waals surface area contributed by atoms with E-state index in [0.29, 0.717) is 13.1 Å². The van der Waals surface area contributed by atoms with E-state index in [1.54, 1.807) is 11.3 Å². The Balaban J connectivity index is 1.88. The molecule has 0 unspecified atom stereocenters. The van der Waals surface area contributed by atoms with Crippen molar-refractivity contribution in [3.05, 3.63) is 59.1 Å². The third-order valence-electron chi connectivity index (χ3n) is 3.77. The van der Waals surface area contributed by atoms with Crippen LogP contribution in [0.5, 0.6) is 0 Å². The van der Waals surface area contributed by atoms with E-state index in [1.165, 1.54) is 0 Å². The normalized spacial score (nSPS) is 11.0. The van der Waals surface area contributed by atoms with Crippen LogP contribution in [0.2, 0.25) is 0 Å². The van der Waals surface area contributed by atoms with E-state index in [4.69, 9.17) is 0 Å². The maximum atomic E-state index is 12.8. The van der Waals surface area contributed by atoms with Gasteiger partial charge in [0, 0.05) is 20.1 Å². The largest absolute Gasteiger partial charge is 0.339 e. The standard InChI is InChI=1S/C17H18N2OS/c1-3-19(12-13-7-5-4-6-8-13)17(20)15-11-16-14(18(15)2)9-10-21-16/h4-11H,3,12H2,1-2H3. The van der Waals surface area contributed by atoms with Crippen LogP contribution in [0.15, 0.2) is 47.8 Å². The zero-order chi connectivity index (χ0) is 14.8. The van der Waals surface area contributed by atoms with Crippen LogP contribution in [0.3, 0.4) is 0 Å². The van der Waals surface area contributed by atoms with Crippen LogP contribution in [-0.4, -0.2) is 21.9 Å². The van der Waals surface area contributed by atoms with Crippen LogP contribution in [0.25, 0.3) is 10.2 Å². The smallest absolute Gasteiger partial charge is 0.270 e. The summed E-state index contributed by atoms with van der Waals surface area (Å²) < 4.78 is 3.15. The molecule has 0 aliphatic rings. The topological polar surface area (TPSA) is 25.2 Å². The third-order valence-corrected chi connectivity index (χ3v) is 4.62. The summed E-state index contributed by atoms with van der Waals surface area (Å²) in [6, 6.07) is 14.2. The molecular weight excluding hydrogens is 280 g/mol. The van der Waals surface area contributed by atoms with Crippen molar-refractivity contribution in [1.29, 1.82) is 0 Å². The molecule has 3 nitrogen and oxygen atoms in total. The summed E-state index contributed by atoms with van der Waals surface area (Å²) >= 11 is 1.67. The molecule has 2 heterocycles. The summed E-state index contributed by atoms with van der Waals surface area (Å²) in [5.74, 6) is 0.0900. The number of hydrogen-bond acceptors (Lipinski definition) is 2. The lowest BCUT2D eigenvalue weighted by atomic mass is 10.2. The summed E-state index contributed by atoms with van der Waals surface area (Å²) in [7, 11) is 1.96. The molecule has 21 heavy (non-hydrogen) atoms. The lowest BCUT2D eigenvalue weighted by Gasteiger charge is -2.21. The van der Waals surface area contributed by atoms with Crippen LogP contribution in [0, 0.1) is 0 Å². The number of aryl methyl sites for hydroxylation is 1. The first-order chi connectivity index (χ1) is 10.2. The number of fused-ring (bicyclic) bond motifs is 1. The van der Waals surface area contributed by atoms with Crippen LogP contribution in [0.4, 0.5) is 0 Å². The van der Waals surface area contributed by atoms with Gasteiger partial charge in [0.1, 0.15) is 5.69 Å². The molecule has 0 saturated heterocycles. The highest BCUT2D eigenvalue weighted by Gasteiger charge is 2.19. The highest BCUT2D eigenvalue weighted by Crippen LogP contribution is 2.25. The summed E-state index contributed by atoms with van der Waals surface area (Å²) in [5.41, 5.74) is 3.04. The second kappa shape index (κ2) is 5.74. The molecule has 4 heteroatoms. The molecule has 0 saturated carbocycles. The second-order valence-electron chi connectivity index (χ2n) is 5.06. The molecule has 0 spiro atoms. The molecule has 2 aromatic heterocycles. The monoisotopic (exact) mass is 298 g/mol. The van der Waals surface area contributed by atoms with Gasteiger partial charge in [0.2, 0.25) is 0 Å². The van der Waals surface area contributed by atoms with E-state index in [0.717, 1.165) is 21.5 Å². The molecule has 3 rings (SSSR count). The Hall–Kier alpha value is -2.07. The average Bonchev–Trinajstić information content (AvgIpc) is 3.08. The Kier molecular flexibility index (Phi) is 3.80. The molecule has 0 aliphatic carbocycles. The maximum absolute atomic E-state index is 12.8. The van der Waals surface area contributed by atoms with Gasteiger partial charge in [-0.05, 0) is 30.0 Å². The lowest BCUT2D eigenvalue weighted by Crippen LogP contribution is -2.31. The highest BCUT2D eigenvalue weighted by atomic mass is 32.1. The number of aromatic nitrogens is 1. The number of hydrogen-bond donors (Lipinski definition) is 0. The van der Waals surface area contributed by atoms with E-state index in [2.05, 4.69) is 23.6 Å². The van der Waals surface area contributed by atoms with Crippen molar-refractivity contribution in [1.82, 2.24) is 9.47 Å².